The van der Waals surface area contributed by atoms with Crippen LogP contribution in [-0.4, -0.2) is 37.3 Å². The van der Waals surface area contributed by atoms with Crippen molar-refractivity contribution in [2.45, 2.75) is 82.5 Å². The second kappa shape index (κ2) is 9.31. The van der Waals surface area contributed by atoms with Crippen molar-refractivity contribution in [2.75, 3.05) is 19.0 Å². The van der Waals surface area contributed by atoms with Crippen molar-refractivity contribution >= 4 is 17.7 Å². The zero-order valence-corrected chi connectivity index (χ0v) is 20.4. The molecule has 2 aliphatic carbocycles. The van der Waals surface area contributed by atoms with Gasteiger partial charge in [0.2, 0.25) is 0 Å². The monoisotopic (exact) mass is 458 g/mol. The molecule has 32 heavy (non-hydrogen) atoms. The Labute approximate surface area is 197 Å². The summed E-state index contributed by atoms with van der Waals surface area (Å²) in [7, 11) is 0. The molecule has 2 saturated carbocycles. The molecule has 2 saturated heterocycles. The van der Waals surface area contributed by atoms with Crippen LogP contribution < -0.4 is 0 Å². The highest BCUT2D eigenvalue weighted by Gasteiger charge is 2.67. The van der Waals surface area contributed by atoms with E-state index in [1.165, 1.54) is 17.7 Å². The van der Waals surface area contributed by atoms with Gasteiger partial charge in [0.1, 0.15) is 6.10 Å². The minimum atomic E-state index is -0.388. The van der Waals surface area contributed by atoms with Crippen molar-refractivity contribution < 1.29 is 19.0 Å². The molecule has 5 rings (SSSR count). The van der Waals surface area contributed by atoms with Gasteiger partial charge in [-0.3, -0.25) is 4.79 Å². The molecule has 0 N–H and O–H groups in total. The molecule has 4 fully saturated rings. The second-order valence-corrected chi connectivity index (χ2v) is 11.9. The van der Waals surface area contributed by atoms with E-state index in [-0.39, 0.29) is 29.2 Å². The molecule has 0 radical (unpaired) electrons. The number of rotatable bonds is 7. The van der Waals surface area contributed by atoms with E-state index in [9.17, 15) is 4.79 Å². The van der Waals surface area contributed by atoms with Crippen LogP contribution in [0.5, 0.6) is 0 Å². The summed E-state index contributed by atoms with van der Waals surface area (Å²) in [5, 5.41) is 0. The Morgan fingerprint density at radius 2 is 1.97 bits per heavy atom. The number of hydrogen-bond donors (Lipinski definition) is 0. The lowest BCUT2D eigenvalue weighted by atomic mass is 9.47. The highest BCUT2D eigenvalue weighted by Crippen LogP contribution is 2.65. The molecule has 0 spiro atoms. The van der Waals surface area contributed by atoms with Crippen LogP contribution in [0.15, 0.2) is 35.2 Å². The molecule has 7 atom stereocenters. The fraction of sp³-hybridized carbons (Fsp3) is 0.741. The maximum atomic E-state index is 13.4. The Morgan fingerprint density at radius 3 is 2.75 bits per heavy atom. The summed E-state index contributed by atoms with van der Waals surface area (Å²) in [6.45, 7) is 6.13. The van der Waals surface area contributed by atoms with Gasteiger partial charge in [-0.25, -0.2) is 0 Å². The van der Waals surface area contributed by atoms with Crippen molar-refractivity contribution in [2.24, 2.45) is 28.6 Å². The summed E-state index contributed by atoms with van der Waals surface area (Å²) >= 11 is 1.97. The van der Waals surface area contributed by atoms with Gasteiger partial charge in [0.25, 0.3) is 0 Å². The molecular weight excluding hydrogens is 420 g/mol. The predicted molar refractivity (Wildman–Crippen MR) is 126 cm³/mol. The third-order valence-corrected chi connectivity index (χ3v) is 10.4. The Balaban J connectivity index is 1.33. The highest BCUT2D eigenvalue weighted by atomic mass is 32.2. The molecule has 5 heteroatoms. The fourth-order valence-electron chi connectivity index (χ4n) is 7.14. The second-order valence-electron chi connectivity index (χ2n) is 10.8. The number of esters is 1. The van der Waals surface area contributed by atoms with Gasteiger partial charge >= 0.3 is 5.97 Å². The van der Waals surface area contributed by atoms with Crippen LogP contribution in [0.2, 0.25) is 0 Å². The third kappa shape index (κ3) is 4.03. The van der Waals surface area contributed by atoms with Crippen LogP contribution in [0.25, 0.3) is 0 Å². The number of ether oxygens (including phenoxy) is 3. The lowest BCUT2D eigenvalue weighted by molar-refractivity contribution is -0.176. The number of thioether (sulfide) groups is 1. The van der Waals surface area contributed by atoms with Gasteiger partial charge in [-0.15, -0.1) is 11.8 Å². The minimum absolute atomic E-state index is 0.0535. The largest absolute Gasteiger partial charge is 0.462 e. The number of hydrogen-bond acceptors (Lipinski definition) is 5. The summed E-state index contributed by atoms with van der Waals surface area (Å²) in [5.74, 6) is 2.37. The molecule has 2 heterocycles. The zero-order valence-electron chi connectivity index (χ0n) is 19.6. The smallest absolute Gasteiger partial charge is 0.313 e. The van der Waals surface area contributed by atoms with E-state index in [1.54, 1.807) is 0 Å². The topological polar surface area (TPSA) is 44.8 Å². The third-order valence-electron chi connectivity index (χ3n) is 9.02. The van der Waals surface area contributed by atoms with Crippen LogP contribution in [0.4, 0.5) is 0 Å². The molecule has 2 aliphatic heterocycles. The minimum Gasteiger partial charge on any atom is -0.462 e. The lowest BCUT2D eigenvalue weighted by Gasteiger charge is -2.55. The number of benzene rings is 1. The van der Waals surface area contributed by atoms with Crippen LogP contribution in [0, 0.1) is 28.6 Å². The SMILES string of the molecule is C[C@H]1CC[C@@H]2[C@H]3[C@@H](CC[C@@]2(C)CSc2ccccc2)OC(=O)[C@]31CCOC1CCCCO1. The molecule has 0 aromatic heterocycles. The van der Waals surface area contributed by atoms with Gasteiger partial charge in [-0.2, -0.15) is 0 Å². The maximum absolute atomic E-state index is 13.4. The molecule has 4 aliphatic rings. The van der Waals surface area contributed by atoms with Gasteiger partial charge in [0.15, 0.2) is 6.29 Å². The first-order valence-corrected chi connectivity index (χ1v) is 13.6. The number of carbonyl (C=O) groups excluding carboxylic acids is 1. The Bertz CT molecular complexity index is 794. The first-order valence-electron chi connectivity index (χ1n) is 12.6. The van der Waals surface area contributed by atoms with Gasteiger partial charge in [0, 0.05) is 23.2 Å². The standard InChI is InChI=1S/C27H38O4S/c1-19-11-12-21-24-22(13-14-26(21,2)18-32-20-8-4-3-5-9-20)31-25(28)27(19,24)15-17-30-23-10-6-7-16-29-23/h3-5,8-9,19,21-24H,6-7,10-18H2,1-2H3/t19-,21+,22+,23?,24-,26-,27-/m0/s1. The van der Waals surface area contributed by atoms with Crippen molar-refractivity contribution in [3.63, 3.8) is 0 Å². The van der Waals surface area contributed by atoms with Crippen LogP contribution in [0.1, 0.15) is 65.2 Å². The average Bonchev–Trinajstić information content (AvgIpc) is 3.11. The van der Waals surface area contributed by atoms with Crippen molar-refractivity contribution in [3.8, 4) is 0 Å². The van der Waals surface area contributed by atoms with Gasteiger partial charge in [0.05, 0.1) is 12.0 Å². The van der Waals surface area contributed by atoms with E-state index in [2.05, 4.69) is 44.2 Å². The van der Waals surface area contributed by atoms with E-state index in [0.29, 0.717) is 24.4 Å². The van der Waals surface area contributed by atoms with E-state index in [1.807, 2.05) is 11.8 Å². The highest BCUT2D eigenvalue weighted by molar-refractivity contribution is 7.99. The molecule has 1 unspecified atom stereocenters. The van der Waals surface area contributed by atoms with Gasteiger partial charge in [-0.05, 0) is 80.8 Å². The molecule has 1 aromatic carbocycles. The quantitative estimate of drug-likeness (QED) is 0.366. The summed E-state index contributed by atoms with van der Waals surface area (Å²) in [5.41, 5.74) is -0.157. The maximum Gasteiger partial charge on any atom is 0.313 e. The summed E-state index contributed by atoms with van der Waals surface area (Å²) < 4.78 is 18.0. The van der Waals surface area contributed by atoms with E-state index in [0.717, 1.165) is 50.9 Å². The zero-order chi connectivity index (χ0) is 22.2. The normalized spacial score (nSPS) is 41.2. The molecule has 1 aromatic rings. The Kier molecular flexibility index (Phi) is 6.61. The lowest BCUT2D eigenvalue weighted by Crippen LogP contribution is -2.55. The van der Waals surface area contributed by atoms with Crippen LogP contribution in [-0.2, 0) is 19.0 Å². The molecular formula is C27H38O4S. The molecule has 176 valence electrons. The van der Waals surface area contributed by atoms with Gasteiger partial charge < -0.3 is 14.2 Å². The Hall–Kier alpha value is -1.04. The van der Waals surface area contributed by atoms with Crippen LogP contribution in [0.3, 0.4) is 0 Å². The van der Waals surface area contributed by atoms with Crippen molar-refractivity contribution in [1.29, 1.82) is 0 Å². The fourth-order valence-corrected chi connectivity index (χ4v) is 8.35. The summed E-state index contributed by atoms with van der Waals surface area (Å²) in [6.07, 6.45) is 8.48. The van der Waals surface area contributed by atoms with E-state index in [4.69, 9.17) is 14.2 Å². The Morgan fingerprint density at radius 1 is 1.12 bits per heavy atom. The first-order chi connectivity index (χ1) is 15.5. The van der Waals surface area contributed by atoms with Gasteiger partial charge in [-0.1, -0.05) is 32.0 Å². The molecule has 0 amide bonds. The molecule has 4 nitrogen and oxygen atoms in total. The van der Waals surface area contributed by atoms with Crippen molar-refractivity contribution in [3.05, 3.63) is 30.3 Å². The molecule has 0 bridgehead atoms. The average molecular weight is 459 g/mol. The van der Waals surface area contributed by atoms with E-state index < -0.39 is 0 Å². The summed E-state index contributed by atoms with van der Waals surface area (Å²) in [4.78, 5) is 14.8. The van der Waals surface area contributed by atoms with E-state index >= 15 is 0 Å². The first kappa shape index (κ1) is 22.7. The van der Waals surface area contributed by atoms with Crippen LogP contribution >= 0.6 is 11.8 Å². The predicted octanol–water partition coefficient (Wildman–Crippen LogP) is 6.09. The number of carbonyl (C=O) groups is 1. The van der Waals surface area contributed by atoms with Crippen molar-refractivity contribution in [1.82, 2.24) is 0 Å². The summed E-state index contributed by atoms with van der Waals surface area (Å²) in [6, 6.07) is 10.7.